The molecule has 0 spiro atoms. The standard InChI is InChI=1S/C28H31BrN4O.C28H31ClN4O.C28H31FN4O.C28H32N4O2/c3*29-21-10-6-19(7-11-21)16-26(34)33-28-25(14-8-18-4-2-1-3-5-18)31-27-23-13-12-22(30)17-20(23)9-15-24(27)32-28;29-21-10-13-23-20(17-21)9-15-24-27(23)30-25(14-8-18-4-2-1-3-5-18)28(31-24)32-26(34)16-19-6-11-22(33)12-7-19/h3*6-7,10-13,17-18H,1-5,8-9,14-16,30H2,(H,32,33,34);6-7,10-13,17-18,33H,1-5,8-9,14-16,29H2,(H,31,32,34). The zero-order valence-corrected chi connectivity index (χ0v) is 80.2. The number of benzene rings is 8. The Labute approximate surface area is 811 Å². The van der Waals surface area contributed by atoms with Crippen LogP contribution in [0.2, 0.25) is 5.02 Å². The second-order valence-electron chi connectivity index (χ2n) is 38.5. The number of halogens is 3. The molecular weight excluding hydrogens is 1780 g/mol. The van der Waals surface area contributed by atoms with Gasteiger partial charge in [0.25, 0.3) is 0 Å². The van der Waals surface area contributed by atoms with Crippen LogP contribution in [0.1, 0.15) is 244 Å². The summed E-state index contributed by atoms with van der Waals surface area (Å²) in [4.78, 5) is 91.7. The third-order valence-corrected chi connectivity index (χ3v) is 29.2. The average molecular weight is 1910 g/mol. The molecule has 136 heavy (non-hydrogen) atoms. The molecule has 704 valence electrons. The minimum atomic E-state index is -0.309. The number of nitrogens with two attached hydrogens (primary N) is 4. The summed E-state index contributed by atoms with van der Waals surface area (Å²) >= 11 is 9.43. The van der Waals surface area contributed by atoms with Crippen molar-refractivity contribution in [2.45, 2.75) is 257 Å². The Morgan fingerprint density at radius 2 is 0.566 bits per heavy atom. The number of phenols is 1. The van der Waals surface area contributed by atoms with E-state index in [9.17, 15) is 28.7 Å². The first-order chi connectivity index (χ1) is 66.2. The van der Waals surface area contributed by atoms with Crippen LogP contribution in [0.5, 0.6) is 5.75 Å². The molecule has 4 saturated carbocycles. The van der Waals surface area contributed by atoms with E-state index in [4.69, 9.17) is 74.4 Å². The van der Waals surface area contributed by atoms with Crippen LogP contribution >= 0.6 is 27.5 Å². The Hall–Kier alpha value is -12.3. The fraction of sp³-hybridized carbons (Fsp3) is 0.393. The zero-order valence-electron chi connectivity index (χ0n) is 77.9. The number of aryl methyl sites for hydroxylation is 12. The molecule has 0 atom stereocenters. The van der Waals surface area contributed by atoms with Crippen LogP contribution in [-0.4, -0.2) is 68.6 Å². The van der Waals surface area contributed by atoms with Crippen molar-refractivity contribution in [2.75, 3.05) is 44.2 Å². The molecule has 0 aliphatic heterocycles. The lowest BCUT2D eigenvalue weighted by atomic mass is 9.85. The highest BCUT2D eigenvalue weighted by Gasteiger charge is 2.31. The second kappa shape index (κ2) is 45.5. The van der Waals surface area contributed by atoms with Gasteiger partial charge in [0.1, 0.15) is 11.6 Å². The summed E-state index contributed by atoms with van der Waals surface area (Å²) in [6.07, 6.45) is 41.4. The fourth-order valence-electron chi connectivity index (χ4n) is 21.0. The van der Waals surface area contributed by atoms with Crippen LogP contribution in [0.25, 0.3) is 45.0 Å². The predicted molar refractivity (Wildman–Crippen MR) is 546 cm³/mol. The minimum Gasteiger partial charge on any atom is -0.508 e. The molecule has 20 rings (SSSR count). The molecule has 4 aromatic heterocycles. The van der Waals surface area contributed by atoms with Crippen molar-refractivity contribution in [1.82, 2.24) is 39.9 Å². The molecule has 8 aliphatic carbocycles. The van der Waals surface area contributed by atoms with Gasteiger partial charge in [-0.25, -0.2) is 44.3 Å². The summed E-state index contributed by atoms with van der Waals surface area (Å²) in [5.74, 6) is 4.78. The molecule has 21 nitrogen and oxygen atoms in total. The lowest BCUT2D eigenvalue weighted by molar-refractivity contribution is -0.116. The summed E-state index contributed by atoms with van der Waals surface area (Å²) in [5.41, 5.74) is 50.9. The van der Waals surface area contributed by atoms with Crippen LogP contribution in [0.3, 0.4) is 0 Å². The van der Waals surface area contributed by atoms with Gasteiger partial charge < -0.3 is 49.3 Å². The van der Waals surface area contributed by atoms with Gasteiger partial charge in [-0.2, -0.15) is 0 Å². The van der Waals surface area contributed by atoms with Crippen molar-refractivity contribution in [3.05, 3.63) is 275 Å². The van der Waals surface area contributed by atoms with Gasteiger partial charge in [0.05, 0.1) is 94.0 Å². The third kappa shape index (κ3) is 25.5. The van der Waals surface area contributed by atoms with Gasteiger partial charge in [0.15, 0.2) is 23.3 Å². The molecule has 4 heterocycles. The Morgan fingerprint density at radius 3 is 0.831 bits per heavy atom. The predicted octanol–water partition coefficient (Wildman–Crippen LogP) is 23.3. The molecule has 0 saturated heterocycles. The normalized spacial score (nSPS) is 15.4. The zero-order chi connectivity index (χ0) is 94.0. The largest absolute Gasteiger partial charge is 0.508 e. The van der Waals surface area contributed by atoms with E-state index in [0.717, 1.165) is 261 Å². The number of amides is 4. The monoisotopic (exact) mass is 1910 g/mol. The molecule has 12 aromatic rings. The molecule has 0 bridgehead atoms. The number of phenolic OH excluding ortho intramolecular Hbond substituents is 1. The number of aromatic nitrogens is 8. The average Bonchev–Trinajstić information content (AvgIpc) is 0.783. The lowest BCUT2D eigenvalue weighted by Crippen LogP contribution is -2.20. The van der Waals surface area contributed by atoms with Crippen molar-refractivity contribution in [3.63, 3.8) is 0 Å². The maximum Gasteiger partial charge on any atom is 0.229 e. The van der Waals surface area contributed by atoms with Crippen LogP contribution in [0.15, 0.2) is 174 Å². The summed E-state index contributed by atoms with van der Waals surface area (Å²) in [5, 5.41) is 22.4. The number of carbonyl (C=O) groups is 4. The van der Waals surface area contributed by atoms with Crippen molar-refractivity contribution in [3.8, 4) is 50.8 Å². The molecule has 13 N–H and O–H groups in total. The number of rotatable bonds is 24. The number of aromatic hydroxyl groups is 1. The molecule has 8 aliphatic rings. The van der Waals surface area contributed by atoms with Gasteiger partial charge in [-0.1, -0.05) is 229 Å². The first-order valence-electron chi connectivity index (χ1n) is 49.5. The van der Waals surface area contributed by atoms with E-state index in [1.165, 1.54) is 163 Å². The van der Waals surface area contributed by atoms with Crippen molar-refractivity contribution >= 4 is 97.2 Å². The highest BCUT2D eigenvalue weighted by atomic mass is 79.9. The molecule has 4 fully saturated rings. The maximum atomic E-state index is 13.2. The topological polar surface area (TPSA) is 344 Å². The molecule has 0 unspecified atom stereocenters. The van der Waals surface area contributed by atoms with E-state index < -0.39 is 0 Å². The number of nitrogens with one attached hydrogen (secondary N) is 4. The third-order valence-electron chi connectivity index (χ3n) is 28.4. The first kappa shape index (κ1) is 95.4. The summed E-state index contributed by atoms with van der Waals surface area (Å²) < 4.78 is 14.2. The maximum absolute atomic E-state index is 13.2. The second-order valence-corrected chi connectivity index (χ2v) is 39.9. The van der Waals surface area contributed by atoms with Crippen LogP contribution in [0.4, 0.5) is 50.4 Å². The fourth-order valence-corrected chi connectivity index (χ4v) is 21.4. The van der Waals surface area contributed by atoms with Crippen molar-refractivity contribution in [1.29, 1.82) is 0 Å². The number of nitrogen functional groups attached to an aromatic ring is 4. The number of nitrogens with zero attached hydrogens (tertiary/aromatic N) is 8. The van der Waals surface area contributed by atoms with Gasteiger partial charge in [0, 0.05) is 54.5 Å². The number of fused-ring (bicyclic) bond motifs is 12. The molecule has 4 amide bonds. The summed E-state index contributed by atoms with van der Waals surface area (Å²) in [7, 11) is 0. The van der Waals surface area contributed by atoms with E-state index in [2.05, 4.69) is 55.4 Å². The number of anilines is 8. The Morgan fingerprint density at radius 1 is 0.324 bits per heavy atom. The van der Waals surface area contributed by atoms with Gasteiger partial charge in [-0.3, -0.25) is 19.2 Å². The van der Waals surface area contributed by atoms with Gasteiger partial charge >= 0.3 is 0 Å². The van der Waals surface area contributed by atoms with E-state index in [0.29, 0.717) is 40.6 Å². The lowest BCUT2D eigenvalue weighted by Gasteiger charge is -2.23. The molecule has 24 heteroatoms. The minimum absolute atomic E-state index is 0.0560. The smallest absolute Gasteiger partial charge is 0.229 e. The Bertz CT molecular complexity index is 5500. The molecule has 0 radical (unpaired) electrons. The van der Waals surface area contributed by atoms with E-state index >= 15 is 0 Å². The number of hydrogen-bond donors (Lipinski definition) is 9. The van der Waals surface area contributed by atoms with E-state index in [1.54, 1.807) is 36.4 Å². The van der Waals surface area contributed by atoms with Gasteiger partial charge in [0.2, 0.25) is 23.6 Å². The Balaban J connectivity index is 0.000000126. The van der Waals surface area contributed by atoms with Crippen LogP contribution in [0, 0.1) is 29.5 Å². The Kier molecular flexibility index (Phi) is 31.9. The van der Waals surface area contributed by atoms with E-state index in [1.807, 2.05) is 103 Å². The quantitative estimate of drug-likeness (QED) is 0.0254. The SMILES string of the molecule is Nc1ccc2c(c1)CCc1nc(NC(=O)Cc3ccc(Br)cc3)c(CCC3CCCCC3)nc1-2.Nc1ccc2c(c1)CCc1nc(NC(=O)Cc3ccc(Cl)cc3)c(CCC3CCCCC3)nc1-2.Nc1ccc2c(c1)CCc1nc(NC(=O)Cc3ccc(F)cc3)c(CCC3CCCCC3)nc1-2.Nc1ccc2c(c1)CCc1nc(NC(=O)Cc3ccc(O)cc3)c(CCC3CCCCC3)nc1-2. The molecule has 8 aromatic carbocycles. The van der Waals surface area contributed by atoms with Crippen LogP contribution in [-0.2, 0) is 122 Å². The van der Waals surface area contributed by atoms with E-state index in [-0.39, 0.29) is 54.5 Å². The number of hydrogen-bond acceptors (Lipinski definition) is 17. The van der Waals surface area contributed by atoms with Crippen molar-refractivity contribution < 1.29 is 28.7 Å². The van der Waals surface area contributed by atoms with Gasteiger partial charge in [-0.15, -0.1) is 0 Å². The highest BCUT2D eigenvalue weighted by molar-refractivity contribution is 9.10. The first-order valence-corrected chi connectivity index (χ1v) is 50.7. The molecular formula is C112H125BrClFN16O5. The van der Waals surface area contributed by atoms with Gasteiger partial charge in [-0.05, 0) is 268 Å². The summed E-state index contributed by atoms with van der Waals surface area (Å²) in [6.45, 7) is 0. The summed E-state index contributed by atoms with van der Waals surface area (Å²) in [6, 6.07) is 52.1. The van der Waals surface area contributed by atoms with Crippen molar-refractivity contribution in [2.24, 2.45) is 23.7 Å². The van der Waals surface area contributed by atoms with Crippen LogP contribution < -0.4 is 44.2 Å². The highest BCUT2D eigenvalue weighted by Crippen LogP contribution is 2.42. The number of carbonyl (C=O) groups excluding carboxylic acids is 4.